The first-order valence-corrected chi connectivity index (χ1v) is 7.28. The highest BCUT2D eigenvalue weighted by atomic mass is 32.2. The maximum absolute atomic E-state index is 11.5. The highest BCUT2D eigenvalue weighted by Crippen LogP contribution is 2.31. The smallest absolute Gasteiger partial charge is 0.134 e. The SMILES string of the molecule is CSC1CCN(C2CC(=O)CCC2C)C1. The molecule has 3 heteroatoms. The maximum atomic E-state index is 11.5. The second-order valence-electron chi connectivity index (χ2n) is 4.97. The van der Waals surface area contributed by atoms with E-state index in [4.69, 9.17) is 0 Å². The van der Waals surface area contributed by atoms with E-state index in [9.17, 15) is 4.79 Å². The van der Waals surface area contributed by atoms with Gasteiger partial charge in [-0.2, -0.15) is 11.8 Å². The summed E-state index contributed by atoms with van der Waals surface area (Å²) in [5, 5.41) is 0.800. The minimum absolute atomic E-state index is 0.478. The molecule has 0 amide bonds. The van der Waals surface area contributed by atoms with Crippen LogP contribution in [0.1, 0.15) is 32.6 Å². The number of rotatable bonds is 2. The van der Waals surface area contributed by atoms with Crippen molar-refractivity contribution in [3.63, 3.8) is 0 Å². The summed E-state index contributed by atoms with van der Waals surface area (Å²) in [6.07, 6.45) is 6.23. The molecule has 2 fully saturated rings. The molecule has 2 nitrogen and oxygen atoms in total. The molecule has 0 N–H and O–H groups in total. The van der Waals surface area contributed by atoms with Gasteiger partial charge in [0.05, 0.1) is 0 Å². The zero-order valence-corrected chi connectivity index (χ0v) is 10.6. The topological polar surface area (TPSA) is 20.3 Å². The summed E-state index contributed by atoms with van der Waals surface area (Å²) in [7, 11) is 0. The number of Topliss-reactive ketones (excluding diaryl/α,β-unsaturated/α-hetero) is 1. The van der Waals surface area contributed by atoms with Gasteiger partial charge in [-0.25, -0.2) is 0 Å². The second kappa shape index (κ2) is 4.88. The van der Waals surface area contributed by atoms with E-state index in [2.05, 4.69) is 18.1 Å². The van der Waals surface area contributed by atoms with Crippen molar-refractivity contribution in [3.8, 4) is 0 Å². The van der Waals surface area contributed by atoms with Crippen molar-refractivity contribution >= 4 is 17.5 Å². The quantitative estimate of drug-likeness (QED) is 0.721. The fourth-order valence-electron chi connectivity index (χ4n) is 2.85. The maximum Gasteiger partial charge on any atom is 0.134 e. The molecule has 0 radical (unpaired) electrons. The van der Waals surface area contributed by atoms with Gasteiger partial charge >= 0.3 is 0 Å². The lowest BCUT2D eigenvalue weighted by Gasteiger charge is -2.35. The molecule has 15 heavy (non-hydrogen) atoms. The molecule has 1 saturated carbocycles. The van der Waals surface area contributed by atoms with Crippen molar-refractivity contribution in [1.82, 2.24) is 4.90 Å². The van der Waals surface area contributed by atoms with Crippen molar-refractivity contribution in [2.24, 2.45) is 5.92 Å². The molecule has 1 saturated heterocycles. The average molecular weight is 227 g/mol. The lowest BCUT2D eigenvalue weighted by atomic mass is 9.84. The second-order valence-corrected chi connectivity index (χ2v) is 6.11. The Morgan fingerprint density at radius 3 is 2.87 bits per heavy atom. The molecule has 1 aliphatic carbocycles. The highest BCUT2D eigenvalue weighted by molar-refractivity contribution is 7.99. The monoisotopic (exact) mass is 227 g/mol. The number of carbonyl (C=O) groups is 1. The molecular weight excluding hydrogens is 206 g/mol. The number of carbonyl (C=O) groups excluding carboxylic acids is 1. The van der Waals surface area contributed by atoms with Gasteiger partial charge in [-0.3, -0.25) is 9.69 Å². The Labute approximate surface area is 96.8 Å². The molecule has 0 aromatic carbocycles. The number of likely N-dealkylation sites (tertiary alicyclic amines) is 1. The minimum Gasteiger partial charge on any atom is -0.300 e. The van der Waals surface area contributed by atoms with Gasteiger partial charge in [-0.05, 0) is 31.6 Å². The summed E-state index contributed by atoms with van der Waals surface area (Å²) in [6, 6.07) is 0.545. The molecule has 0 aromatic heterocycles. The normalized spacial score (nSPS) is 38.5. The average Bonchev–Trinajstić information content (AvgIpc) is 2.70. The Balaban J connectivity index is 1.94. The summed E-state index contributed by atoms with van der Waals surface area (Å²) >= 11 is 1.98. The molecule has 86 valence electrons. The molecular formula is C12H21NOS. The molecule has 1 heterocycles. The lowest BCUT2D eigenvalue weighted by Crippen LogP contribution is -2.42. The van der Waals surface area contributed by atoms with Crippen LogP contribution in [0.5, 0.6) is 0 Å². The van der Waals surface area contributed by atoms with Crippen LogP contribution in [0.4, 0.5) is 0 Å². The van der Waals surface area contributed by atoms with Gasteiger partial charge in [0.1, 0.15) is 5.78 Å². The molecule has 1 aliphatic heterocycles. The molecule has 0 bridgehead atoms. The van der Waals surface area contributed by atoms with E-state index in [1.54, 1.807) is 0 Å². The third-order valence-corrected chi connectivity index (χ3v) is 5.00. The van der Waals surface area contributed by atoms with Crippen LogP contribution in [0, 0.1) is 5.92 Å². The summed E-state index contributed by atoms with van der Waals surface area (Å²) in [4.78, 5) is 14.1. The summed E-state index contributed by atoms with van der Waals surface area (Å²) in [5.74, 6) is 1.19. The van der Waals surface area contributed by atoms with Crippen LogP contribution in [0.25, 0.3) is 0 Å². The van der Waals surface area contributed by atoms with E-state index in [-0.39, 0.29) is 0 Å². The van der Waals surface area contributed by atoms with Gasteiger partial charge < -0.3 is 0 Å². The Hall–Kier alpha value is -0.0200. The molecule has 3 atom stereocenters. The fourth-order valence-corrected chi connectivity index (χ4v) is 3.54. The molecule has 2 aliphatic rings. The Bertz CT molecular complexity index is 244. The van der Waals surface area contributed by atoms with Crippen LogP contribution >= 0.6 is 11.8 Å². The van der Waals surface area contributed by atoms with Crippen molar-refractivity contribution in [2.75, 3.05) is 19.3 Å². The number of nitrogens with zero attached hydrogens (tertiary/aromatic N) is 1. The number of ketones is 1. The minimum atomic E-state index is 0.478. The van der Waals surface area contributed by atoms with E-state index in [1.807, 2.05) is 11.8 Å². The largest absolute Gasteiger partial charge is 0.300 e. The third-order valence-electron chi connectivity index (χ3n) is 3.95. The van der Waals surface area contributed by atoms with E-state index in [1.165, 1.54) is 19.5 Å². The fraction of sp³-hybridized carbons (Fsp3) is 0.917. The van der Waals surface area contributed by atoms with Crippen LogP contribution in [-0.4, -0.2) is 41.3 Å². The predicted molar refractivity (Wildman–Crippen MR) is 65.3 cm³/mol. The molecule has 3 unspecified atom stereocenters. The van der Waals surface area contributed by atoms with Crippen molar-refractivity contribution in [1.29, 1.82) is 0 Å². The van der Waals surface area contributed by atoms with Gasteiger partial charge in [0.2, 0.25) is 0 Å². The number of thioether (sulfide) groups is 1. The predicted octanol–water partition coefficient (Wildman–Crippen LogP) is 2.18. The summed E-state index contributed by atoms with van der Waals surface area (Å²) < 4.78 is 0. The van der Waals surface area contributed by atoms with Crippen LogP contribution in [0.15, 0.2) is 0 Å². The van der Waals surface area contributed by atoms with Crippen molar-refractivity contribution in [3.05, 3.63) is 0 Å². The van der Waals surface area contributed by atoms with Crippen LogP contribution in [-0.2, 0) is 4.79 Å². The zero-order chi connectivity index (χ0) is 10.8. The Morgan fingerprint density at radius 1 is 1.40 bits per heavy atom. The first-order valence-electron chi connectivity index (χ1n) is 5.99. The Kier molecular flexibility index (Phi) is 3.73. The lowest BCUT2D eigenvalue weighted by molar-refractivity contribution is -0.123. The van der Waals surface area contributed by atoms with Gasteiger partial charge in [0, 0.05) is 30.7 Å². The van der Waals surface area contributed by atoms with Gasteiger partial charge in [-0.15, -0.1) is 0 Å². The molecule has 2 rings (SSSR count). The van der Waals surface area contributed by atoms with Crippen molar-refractivity contribution in [2.45, 2.75) is 43.9 Å². The number of hydrogen-bond acceptors (Lipinski definition) is 3. The summed E-state index contributed by atoms with van der Waals surface area (Å²) in [5.41, 5.74) is 0. The molecule has 0 aromatic rings. The Morgan fingerprint density at radius 2 is 2.20 bits per heavy atom. The summed E-state index contributed by atoms with van der Waals surface area (Å²) in [6.45, 7) is 4.71. The van der Waals surface area contributed by atoms with E-state index < -0.39 is 0 Å². The zero-order valence-electron chi connectivity index (χ0n) is 9.74. The van der Waals surface area contributed by atoms with E-state index >= 15 is 0 Å². The van der Waals surface area contributed by atoms with Gasteiger partial charge in [-0.1, -0.05) is 6.92 Å². The van der Waals surface area contributed by atoms with Gasteiger partial charge in [0.15, 0.2) is 0 Å². The van der Waals surface area contributed by atoms with E-state index in [0.717, 1.165) is 24.5 Å². The first-order chi connectivity index (χ1) is 7.20. The first kappa shape index (κ1) is 11.5. The standard InChI is InChI=1S/C12H21NOS/c1-9-3-4-10(14)7-12(9)13-6-5-11(8-13)15-2/h9,11-12H,3-8H2,1-2H3. The van der Waals surface area contributed by atoms with Crippen LogP contribution < -0.4 is 0 Å². The van der Waals surface area contributed by atoms with Crippen LogP contribution in [0.3, 0.4) is 0 Å². The highest BCUT2D eigenvalue weighted by Gasteiger charge is 2.34. The van der Waals surface area contributed by atoms with Crippen molar-refractivity contribution < 1.29 is 4.79 Å². The number of hydrogen-bond donors (Lipinski definition) is 0. The van der Waals surface area contributed by atoms with Gasteiger partial charge in [0.25, 0.3) is 0 Å². The van der Waals surface area contributed by atoms with Crippen LogP contribution in [0.2, 0.25) is 0 Å². The molecule has 0 spiro atoms. The third kappa shape index (κ3) is 2.56. The van der Waals surface area contributed by atoms with E-state index in [0.29, 0.717) is 17.7 Å².